The number of rotatable bonds is 4. The van der Waals surface area contributed by atoms with E-state index in [1.807, 2.05) is 0 Å². The van der Waals surface area contributed by atoms with Gasteiger partial charge in [0.05, 0.1) is 0 Å². The fraction of sp³-hybridized carbons (Fsp3) is 0.727. The molecule has 1 aliphatic rings. The molecule has 0 unspecified atom stereocenters. The summed E-state index contributed by atoms with van der Waals surface area (Å²) in [5.74, 6) is 0.384. The first-order chi connectivity index (χ1) is 8.52. The molecule has 1 aliphatic heterocycles. The van der Waals surface area contributed by atoms with E-state index in [-0.39, 0.29) is 11.2 Å². The number of nitrogens with zero attached hydrogens (tertiary/aromatic N) is 3. The minimum Gasteiger partial charge on any atom is -0.364 e. The lowest BCUT2D eigenvalue weighted by molar-refractivity contribution is -0.388. The van der Waals surface area contributed by atoms with Gasteiger partial charge in [0.1, 0.15) is 0 Å². The Kier molecular flexibility index (Phi) is 3.51. The van der Waals surface area contributed by atoms with Crippen molar-refractivity contribution >= 4 is 11.6 Å². The van der Waals surface area contributed by atoms with Crippen LogP contribution in [-0.4, -0.2) is 34.1 Å². The van der Waals surface area contributed by atoms with Crippen LogP contribution in [0.5, 0.6) is 0 Å². The fourth-order valence-corrected chi connectivity index (χ4v) is 2.26. The summed E-state index contributed by atoms with van der Waals surface area (Å²) in [7, 11) is 1.76. The van der Waals surface area contributed by atoms with Gasteiger partial charge in [-0.1, -0.05) is 6.92 Å². The number of nitro groups is 1. The highest BCUT2D eigenvalue weighted by Gasteiger charge is 2.28. The van der Waals surface area contributed by atoms with E-state index < -0.39 is 4.92 Å². The van der Waals surface area contributed by atoms with Gasteiger partial charge in [-0.25, -0.2) is 0 Å². The van der Waals surface area contributed by atoms with Crippen LogP contribution in [0, 0.1) is 15.5 Å². The summed E-state index contributed by atoms with van der Waals surface area (Å²) in [4.78, 5) is 14.2. The first-order valence-electron chi connectivity index (χ1n) is 6.12. The Hall–Kier alpha value is -1.63. The van der Waals surface area contributed by atoms with Crippen molar-refractivity contribution in [2.75, 3.05) is 25.0 Å². The minimum absolute atomic E-state index is 0.102. The Morgan fingerprint density at radius 1 is 1.61 bits per heavy atom. The maximum Gasteiger partial charge on any atom is 0.406 e. The molecule has 0 amide bonds. The van der Waals surface area contributed by atoms with Crippen molar-refractivity contribution in [1.29, 1.82) is 0 Å². The number of aryl methyl sites for hydroxylation is 1. The van der Waals surface area contributed by atoms with Gasteiger partial charge in [0.2, 0.25) is 12.1 Å². The molecule has 0 saturated carbocycles. The molecule has 0 radical (unpaired) electrons. The molecule has 2 N–H and O–H groups in total. The zero-order valence-electron chi connectivity index (χ0n) is 10.8. The van der Waals surface area contributed by atoms with Crippen molar-refractivity contribution in [3.05, 3.63) is 16.4 Å². The second kappa shape index (κ2) is 4.93. The lowest BCUT2D eigenvalue weighted by atomic mass is 9.81. The maximum absolute atomic E-state index is 10.8. The summed E-state index contributed by atoms with van der Waals surface area (Å²) < 4.78 is 1.66. The zero-order chi connectivity index (χ0) is 13.2. The monoisotopic (exact) mass is 253 g/mol. The Morgan fingerprint density at radius 2 is 2.28 bits per heavy atom. The van der Waals surface area contributed by atoms with Crippen molar-refractivity contribution in [3.63, 3.8) is 0 Å². The van der Waals surface area contributed by atoms with Gasteiger partial charge in [-0.2, -0.15) is 0 Å². The molecule has 18 heavy (non-hydrogen) atoms. The molecule has 1 aromatic rings. The van der Waals surface area contributed by atoms with Crippen LogP contribution in [0.4, 0.5) is 11.6 Å². The fourth-order valence-electron chi connectivity index (χ4n) is 2.26. The second-order valence-electron chi connectivity index (χ2n) is 5.20. The van der Waals surface area contributed by atoms with Gasteiger partial charge in [-0.05, 0) is 41.3 Å². The number of anilines is 1. The van der Waals surface area contributed by atoms with E-state index in [0.29, 0.717) is 5.82 Å². The van der Waals surface area contributed by atoms with Crippen molar-refractivity contribution in [2.45, 2.75) is 19.8 Å². The summed E-state index contributed by atoms with van der Waals surface area (Å²) in [5.41, 5.74) is 0.184. The molecule has 2 heterocycles. The first kappa shape index (κ1) is 12.8. The summed E-state index contributed by atoms with van der Waals surface area (Å²) in [6.45, 7) is 4.95. The zero-order valence-corrected chi connectivity index (χ0v) is 10.8. The van der Waals surface area contributed by atoms with E-state index in [1.54, 1.807) is 11.6 Å². The third kappa shape index (κ3) is 2.61. The minimum atomic E-state index is -0.451. The SMILES string of the molecule is Cn1cnc([N+](=O)[O-])c1NCC1(C)CCNCC1. The van der Waals surface area contributed by atoms with Gasteiger partial charge in [0, 0.05) is 13.6 Å². The number of aromatic nitrogens is 2. The van der Waals surface area contributed by atoms with Crippen LogP contribution in [0.15, 0.2) is 6.33 Å². The highest BCUT2D eigenvalue weighted by molar-refractivity contribution is 5.52. The van der Waals surface area contributed by atoms with Crippen LogP contribution in [0.25, 0.3) is 0 Å². The van der Waals surface area contributed by atoms with E-state index in [0.717, 1.165) is 32.5 Å². The summed E-state index contributed by atoms with van der Waals surface area (Å²) in [5, 5.41) is 17.4. The summed E-state index contributed by atoms with van der Waals surface area (Å²) in [6.07, 6.45) is 3.61. The molecule has 0 atom stereocenters. The van der Waals surface area contributed by atoms with Crippen LogP contribution in [0.2, 0.25) is 0 Å². The molecule has 1 saturated heterocycles. The Labute approximate surface area is 106 Å². The van der Waals surface area contributed by atoms with Crippen LogP contribution in [0.1, 0.15) is 19.8 Å². The van der Waals surface area contributed by atoms with E-state index in [1.165, 1.54) is 6.33 Å². The topological polar surface area (TPSA) is 85.0 Å². The molecule has 0 aromatic carbocycles. The molecule has 0 bridgehead atoms. The van der Waals surface area contributed by atoms with Crippen LogP contribution < -0.4 is 10.6 Å². The van der Waals surface area contributed by atoms with E-state index in [4.69, 9.17) is 0 Å². The quantitative estimate of drug-likeness (QED) is 0.620. The third-order valence-corrected chi connectivity index (χ3v) is 3.58. The van der Waals surface area contributed by atoms with E-state index >= 15 is 0 Å². The van der Waals surface area contributed by atoms with Gasteiger partial charge < -0.3 is 20.7 Å². The normalized spacial score (nSPS) is 18.6. The van der Waals surface area contributed by atoms with Crippen LogP contribution in [-0.2, 0) is 7.05 Å². The predicted molar refractivity (Wildman–Crippen MR) is 68.6 cm³/mol. The maximum atomic E-state index is 10.8. The number of nitrogens with one attached hydrogen (secondary N) is 2. The first-order valence-corrected chi connectivity index (χ1v) is 6.12. The molecule has 2 rings (SSSR count). The smallest absolute Gasteiger partial charge is 0.364 e. The van der Waals surface area contributed by atoms with Crippen LogP contribution in [0.3, 0.4) is 0 Å². The number of hydrogen-bond acceptors (Lipinski definition) is 5. The third-order valence-electron chi connectivity index (χ3n) is 3.58. The molecule has 0 aliphatic carbocycles. The Morgan fingerprint density at radius 3 is 2.89 bits per heavy atom. The number of piperidine rings is 1. The van der Waals surface area contributed by atoms with E-state index in [2.05, 4.69) is 22.5 Å². The predicted octanol–water partition coefficient (Wildman–Crippen LogP) is 1.13. The highest BCUT2D eigenvalue weighted by Crippen LogP contribution is 2.29. The molecule has 100 valence electrons. The summed E-state index contributed by atoms with van der Waals surface area (Å²) in [6, 6.07) is 0. The van der Waals surface area contributed by atoms with Crippen LogP contribution >= 0.6 is 0 Å². The lowest BCUT2D eigenvalue weighted by Crippen LogP contribution is -2.39. The van der Waals surface area contributed by atoms with Gasteiger partial charge in [-0.15, -0.1) is 0 Å². The molecule has 7 nitrogen and oxygen atoms in total. The highest BCUT2D eigenvalue weighted by atomic mass is 16.6. The molecule has 7 heteroatoms. The average molecular weight is 253 g/mol. The largest absolute Gasteiger partial charge is 0.406 e. The average Bonchev–Trinajstić information content (AvgIpc) is 2.69. The Balaban J connectivity index is 2.05. The number of hydrogen-bond donors (Lipinski definition) is 2. The van der Waals surface area contributed by atoms with E-state index in [9.17, 15) is 10.1 Å². The van der Waals surface area contributed by atoms with Gasteiger partial charge in [0.15, 0.2) is 0 Å². The Bertz CT molecular complexity index is 437. The summed E-state index contributed by atoms with van der Waals surface area (Å²) >= 11 is 0. The second-order valence-corrected chi connectivity index (χ2v) is 5.20. The molecular formula is C11H19N5O2. The number of imidazole rings is 1. The van der Waals surface area contributed by atoms with Crippen molar-refractivity contribution < 1.29 is 4.92 Å². The molecule has 0 spiro atoms. The molecule has 1 fully saturated rings. The van der Waals surface area contributed by atoms with Gasteiger partial charge >= 0.3 is 5.82 Å². The van der Waals surface area contributed by atoms with Crippen molar-refractivity contribution in [2.24, 2.45) is 12.5 Å². The molecular weight excluding hydrogens is 234 g/mol. The van der Waals surface area contributed by atoms with Gasteiger partial charge in [0.25, 0.3) is 0 Å². The standard InChI is InChI=1S/C11H19N5O2/c1-11(3-5-12-6-4-11)7-13-9-10(16(17)18)14-8-15(9)2/h8,12-13H,3-7H2,1-2H3. The van der Waals surface area contributed by atoms with Crippen molar-refractivity contribution in [1.82, 2.24) is 14.9 Å². The van der Waals surface area contributed by atoms with Gasteiger partial charge in [-0.3, -0.25) is 4.57 Å². The molecule has 1 aromatic heterocycles. The lowest BCUT2D eigenvalue weighted by Gasteiger charge is -2.34. The van der Waals surface area contributed by atoms with Crippen molar-refractivity contribution in [3.8, 4) is 0 Å².